The van der Waals surface area contributed by atoms with Crippen molar-refractivity contribution in [3.63, 3.8) is 0 Å². The van der Waals surface area contributed by atoms with E-state index < -0.39 is 16.6 Å². The van der Waals surface area contributed by atoms with E-state index in [1.807, 2.05) is 17.5 Å². The molecule has 2 N–H and O–H groups in total. The van der Waals surface area contributed by atoms with Gasteiger partial charge in [-0.25, -0.2) is 13.1 Å². The van der Waals surface area contributed by atoms with Gasteiger partial charge in [-0.05, 0) is 30.5 Å². The molecule has 1 aromatic carbocycles. The number of benzene rings is 1. The van der Waals surface area contributed by atoms with Crippen LogP contribution in [-0.2, 0) is 16.6 Å². The van der Waals surface area contributed by atoms with E-state index in [2.05, 4.69) is 4.72 Å². The standard InChI is InChI=1S/C13H13Cl2NO3S2/c1-8(11-3-2-6-20-11)16-21(18,19)12-5-4-10(14)9(7-17)13(12)15/h2-6,8,16-17H,7H2,1H3. The largest absolute Gasteiger partial charge is 0.392 e. The summed E-state index contributed by atoms with van der Waals surface area (Å²) in [6.45, 7) is 1.32. The van der Waals surface area contributed by atoms with Gasteiger partial charge >= 0.3 is 0 Å². The van der Waals surface area contributed by atoms with E-state index in [-0.39, 0.29) is 26.5 Å². The van der Waals surface area contributed by atoms with Crippen LogP contribution in [0.15, 0.2) is 34.5 Å². The van der Waals surface area contributed by atoms with Crippen LogP contribution in [0.4, 0.5) is 0 Å². The first-order chi connectivity index (χ1) is 9.86. The molecule has 4 nitrogen and oxygen atoms in total. The van der Waals surface area contributed by atoms with Crippen LogP contribution in [0.25, 0.3) is 0 Å². The molecule has 1 heterocycles. The molecule has 2 aromatic rings. The Morgan fingerprint density at radius 3 is 2.62 bits per heavy atom. The topological polar surface area (TPSA) is 66.4 Å². The minimum absolute atomic E-state index is 0.0594. The molecule has 8 heteroatoms. The number of nitrogens with one attached hydrogen (secondary N) is 1. The minimum atomic E-state index is -3.81. The van der Waals surface area contributed by atoms with Gasteiger partial charge in [-0.2, -0.15) is 0 Å². The minimum Gasteiger partial charge on any atom is -0.392 e. The van der Waals surface area contributed by atoms with Gasteiger partial charge in [0, 0.05) is 15.5 Å². The number of aliphatic hydroxyl groups is 1. The highest BCUT2D eigenvalue weighted by Crippen LogP contribution is 2.32. The Kier molecular flexibility index (Phi) is 5.29. The van der Waals surface area contributed by atoms with Gasteiger partial charge in [0.1, 0.15) is 4.90 Å². The van der Waals surface area contributed by atoms with Gasteiger partial charge in [0.05, 0.1) is 17.7 Å². The lowest BCUT2D eigenvalue weighted by Gasteiger charge is -2.15. The predicted molar refractivity (Wildman–Crippen MR) is 85.4 cm³/mol. The van der Waals surface area contributed by atoms with Gasteiger partial charge in [-0.3, -0.25) is 0 Å². The zero-order chi connectivity index (χ0) is 15.6. The highest BCUT2D eigenvalue weighted by Gasteiger charge is 2.24. The second-order valence-electron chi connectivity index (χ2n) is 4.35. The molecular formula is C13H13Cl2NO3S2. The number of hydrogen-bond donors (Lipinski definition) is 2. The Morgan fingerprint density at radius 1 is 1.33 bits per heavy atom. The van der Waals surface area contributed by atoms with Gasteiger partial charge in [-0.1, -0.05) is 29.3 Å². The van der Waals surface area contributed by atoms with Gasteiger partial charge in [0.15, 0.2) is 0 Å². The summed E-state index contributed by atoms with van der Waals surface area (Å²) in [6, 6.07) is 6.06. The van der Waals surface area contributed by atoms with E-state index >= 15 is 0 Å². The molecule has 1 atom stereocenters. The van der Waals surface area contributed by atoms with Gasteiger partial charge in [0.2, 0.25) is 10.0 Å². The van der Waals surface area contributed by atoms with Crippen LogP contribution < -0.4 is 4.72 Å². The van der Waals surface area contributed by atoms with Gasteiger partial charge < -0.3 is 5.11 Å². The summed E-state index contributed by atoms with van der Waals surface area (Å²) >= 11 is 13.4. The SMILES string of the molecule is CC(NS(=O)(=O)c1ccc(Cl)c(CO)c1Cl)c1cccs1. The zero-order valence-corrected chi connectivity index (χ0v) is 14.2. The molecule has 0 amide bonds. The number of sulfonamides is 1. The van der Waals surface area contributed by atoms with Crippen molar-refractivity contribution in [3.8, 4) is 0 Å². The van der Waals surface area contributed by atoms with Crippen molar-refractivity contribution in [1.29, 1.82) is 0 Å². The Labute approximate surface area is 137 Å². The van der Waals surface area contributed by atoms with Crippen LogP contribution in [-0.4, -0.2) is 13.5 Å². The first-order valence-corrected chi connectivity index (χ1v) is 9.12. The number of rotatable bonds is 5. The van der Waals surface area contributed by atoms with Crippen LogP contribution in [0.5, 0.6) is 0 Å². The molecule has 0 spiro atoms. The average Bonchev–Trinajstić information content (AvgIpc) is 2.92. The second-order valence-corrected chi connectivity index (χ2v) is 7.80. The van der Waals surface area contributed by atoms with Gasteiger partial charge in [0.25, 0.3) is 0 Å². The highest BCUT2D eigenvalue weighted by atomic mass is 35.5. The first kappa shape index (κ1) is 16.7. The van der Waals surface area contributed by atoms with Crippen molar-refractivity contribution in [1.82, 2.24) is 4.72 Å². The lowest BCUT2D eigenvalue weighted by molar-refractivity contribution is 0.281. The lowest BCUT2D eigenvalue weighted by Crippen LogP contribution is -2.26. The summed E-state index contributed by atoms with van der Waals surface area (Å²) in [4.78, 5) is 0.798. The summed E-state index contributed by atoms with van der Waals surface area (Å²) in [6.07, 6.45) is 0. The van der Waals surface area contributed by atoms with Crippen LogP contribution in [0.3, 0.4) is 0 Å². The van der Waals surface area contributed by atoms with Crippen LogP contribution in [0.2, 0.25) is 10.0 Å². The van der Waals surface area contributed by atoms with E-state index in [1.165, 1.54) is 23.5 Å². The Hall–Kier alpha value is -0.630. The van der Waals surface area contributed by atoms with Crippen molar-refractivity contribution in [3.05, 3.63) is 50.1 Å². The smallest absolute Gasteiger partial charge is 0.242 e. The third-order valence-corrected chi connectivity index (χ3v) is 6.44. The average molecular weight is 366 g/mol. The molecule has 1 unspecified atom stereocenters. The molecule has 0 saturated heterocycles. The lowest BCUT2D eigenvalue weighted by atomic mass is 10.2. The number of aliphatic hydroxyl groups excluding tert-OH is 1. The number of thiophene rings is 1. The van der Waals surface area contributed by atoms with Crippen molar-refractivity contribution < 1.29 is 13.5 Å². The van der Waals surface area contributed by atoms with Crippen molar-refractivity contribution in [2.75, 3.05) is 0 Å². The van der Waals surface area contributed by atoms with Crippen molar-refractivity contribution in [2.24, 2.45) is 0 Å². The number of halogens is 2. The van der Waals surface area contributed by atoms with Crippen molar-refractivity contribution >= 4 is 44.6 Å². The summed E-state index contributed by atoms with van der Waals surface area (Å²) in [5, 5.41) is 11.3. The molecular weight excluding hydrogens is 353 g/mol. The van der Waals surface area contributed by atoms with E-state index in [0.717, 1.165) is 4.88 Å². The van der Waals surface area contributed by atoms with Gasteiger partial charge in [-0.15, -0.1) is 11.3 Å². The first-order valence-electron chi connectivity index (χ1n) is 6.00. The summed E-state index contributed by atoms with van der Waals surface area (Å²) in [5.41, 5.74) is 0.199. The third-order valence-electron chi connectivity index (χ3n) is 2.90. The molecule has 0 saturated carbocycles. The fourth-order valence-electron chi connectivity index (χ4n) is 1.82. The molecule has 0 aliphatic rings. The summed E-state index contributed by atoms with van der Waals surface area (Å²) in [5.74, 6) is 0. The van der Waals surface area contributed by atoms with Crippen molar-refractivity contribution in [2.45, 2.75) is 24.5 Å². The fraction of sp³-hybridized carbons (Fsp3) is 0.231. The predicted octanol–water partition coefficient (Wildman–Crippen LogP) is 3.59. The van der Waals surface area contributed by atoms with E-state index in [1.54, 1.807) is 6.92 Å². The molecule has 114 valence electrons. The Balaban J connectivity index is 2.36. The number of hydrogen-bond acceptors (Lipinski definition) is 4. The van der Waals surface area contributed by atoms with Crippen LogP contribution in [0, 0.1) is 0 Å². The maximum Gasteiger partial charge on any atom is 0.242 e. The second kappa shape index (κ2) is 6.64. The quantitative estimate of drug-likeness (QED) is 0.850. The molecule has 0 fully saturated rings. The maximum atomic E-state index is 12.4. The fourth-order valence-corrected chi connectivity index (χ4v) is 4.75. The monoisotopic (exact) mass is 365 g/mol. The van der Waals surface area contributed by atoms with Crippen LogP contribution >= 0.6 is 34.5 Å². The molecule has 0 radical (unpaired) electrons. The highest BCUT2D eigenvalue weighted by molar-refractivity contribution is 7.89. The van der Waals surface area contributed by atoms with E-state index in [4.69, 9.17) is 23.2 Å². The molecule has 21 heavy (non-hydrogen) atoms. The molecule has 2 rings (SSSR count). The summed E-state index contributed by atoms with van der Waals surface area (Å²) in [7, 11) is -3.81. The summed E-state index contributed by atoms with van der Waals surface area (Å²) < 4.78 is 27.4. The third kappa shape index (κ3) is 3.59. The Morgan fingerprint density at radius 2 is 2.05 bits per heavy atom. The normalized spacial score (nSPS) is 13.3. The van der Waals surface area contributed by atoms with E-state index in [9.17, 15) is 13.5 Å². The zero-order valence-electron chi connectivity index (χ0n) is 11.0. The van der Waals surface area contributed by atoms with E-state index in [0.29, 0.717) is 0 Å². The molecule has 0 aliphatic heterocycles. The molecule has 1 aromatic heterocycles. The molecule has 0 aliphatic carbocycles. The molecule has 0 bridgehead atoms. The maximum absolute atomic E-state index is 12.4. The van der Waals surface area contributed by atoms with Crippen LogP contribution in [0.1, 0.15) is 23.4 Å². The Bertz CT molecular complexity index is 730.